The molecular weight excluding hydrogens is 268 g/mol. The Kier molecular flexibility index (Phi) is 5.15. The highest BCUT2D eigenvalue weighted by molar-refractivity contribution is 6.17. The van der Waals surface area contributed by atoms with Gasteiger partial charge in [-0.3, -0.25) is 0 Å². The summed E-state index contributed by atoms with van der Waals surface area (Å²) in [5.41, 5.74) is 4.99. The number of hydrogen-bond donors (Lipinski definition) is 1. The van der Waals surface area contributed by atoms with Crippen LogP contribution in [0.15, 0.2) is 12.1 Å². The summed E-state index contributed by atoms with van der Waals surface area (Å²) in [7, 11) is 0. The molecule has 1 aromatic carbocycles. The molecule has 0 aliphatic heterocycles. The van der Waals surface area contributed by atoms with Crippen LogP contribution in [0.3, 0.4) is 0 Å². The summed E-state index contributed by atoms with van der Waals surface area (Å²) < 4.78 is 36.1. The second-order valence-corrected chi connectivity index (χ2v) is 3.84. The molecule has 0 aromatic heterocycles. The number of benzene rings is 1. The molecule has 1 aromatic rings. The third-order valence-corrected chi connectivity index (χ3v) is 2.30. The minimum atomic E-state index is -0.955. The van der Waals surface area contributed by atoms with Crippen LogP contribution < -0.4 is 10.5 Å². The largest absolute Gasteiger partial charge is 0.486 e. The fourth-order valence-electron chi connectivity index (χ4n) is 1.31. The molecule has 0 aliphatic rings. The van der Waals surface area contributed by atoms with E-state index in [-0.39, 0.29) is 23.8 Å². The van der Waals surface area contributed by atoms with Crippen molar-refractivity contribution < 1.29 is 23.0 Å². The minimum Gasteiger partial charge on any atom is -0.486 e. The van der Waals surface area contributed by atoms with Gasteiger partial charge in [0.05, 0.1) is 5.88 Å². The Hall–Kier alpha value is -1.56. The van der Waals surface area contributed by atoms with Crippen LogP contribution >= 0.6 is 11.6 Å². The first-order valence-electron chi connectivity index (χ1n) is 5.06. The molecule has 2 N–H and O–H groups in total. The first kappa shape index (κ1) is 14.5. The third kappa shape index (κ3) is 4.03. The molecule has 0 fully saturated rings. The summed E-state index contributed by atoms with van der Waals surface area (Å²) in [6.07, 6.45) is -1.61. The lowest BCUT2D eigenvalue weighted by molar-refractivity contribution is 0.0808. The Morgan fingerprint density at radius 2 is 2.17 bits per heavy atom. The van der Waals surface area contributed by atoms with Gasteiger partial charge >= 0.3 is 6.09 Å². The lowest BCUT2D eigenvalue weighted by Crippen LogP contribution is -2.25. The zero-order valence-corrected chi connectivity index (χ0v) is 10.3. The van der Waals surface area contributed by atoms with E-state index in [9.17, 15) is 13.6 Å². The number of hydrogen-bond acceptors (Lipinski definition) is 3. The van der Waals surface area contributed by atoms with Gasteiger partial charge < -0.3 is 15.2 Å². The molecule has 0 radical (unpaired) electrons. The number of amides is 1. The summed E-state index contributed by atoms with van der Waals surface area (Å²) in [5.74, 6) is -1.87. The molecule has 0 saturated carbocycles. The van der Waals surface area contributed by atoms with Gasteiger partial charge in [0.2, 0.25) is 0 Å². The molecule has 0 unspecified atom stereocenters. The fourth-order valence-corrected chi connectivity index (χ4v) is 1.51. The molecule has 1 rings (SSSR count). The van der Waals surface area contributed by atoms with Crippen LogP contribution in [0.25, 0.3) is 0 Å². The number of rotatable bonds is 5. The maximum absolute atomic E-state index is 13.5. The molecule has 1 amide bonds. The zero-order valence-electron chi connectivity index (χ0n) is 9.58. The smallest absolute Gasteiger partial charge is 0.404 e. The van der Waals surface area contributed by atoms with Crippen LogP contribution in [-0.2, 0) is 10.6 Å². The van der Waals surface area contributed by atoms with Gasteiger partial charge in [-0.15, -0.1) is 11.6 Å². The molecule has 0 aliphatic carbocycles. The number of ether oxygens (including phenoxy) is 2. The second-order valence-electron chi connectivity index (χ2n) is 3.57. The summed E-state index contributed by atoms with van der Waals surface area (Å²) in [6.45, 7) is 1.40. The minimum absolute atomic E-state index is 0.102. The Morgan fingerprint density at radius 1 is 1.50 bits per heavy atom. The highest BCUT2D eigenvalue weighted by Gasteiger charge is 2.14. The van der Waals surface area contributed by atoms with Crippen LogP contribution in [0.2, 0.25) is 0 Å². The topological polar surface area (TPSA) is 61.6 Å². The van der Waals surface area contributed by atoms with E-state index in [1.807, 2.05) is 0 Å². The van der Waals surface area contributed by atoms with Crippen LogP contribution in [0.4, 0.5) is 13.6 Å². The standard InChI is InChI=1S/C11H12ClF2NO3/c1-6(18-11(15)16)5-17-10-7(4-12)2-8(13)3-9(10)14/h2-3,6H,4-5H2,1H3,(H2,15,16)/t6-/m1/s1. The van der Waals surface area contributed by atoms with E-state index in [4.69, 9.17) is 22.1 Å². The highest BCUT2D eigenvalue weighted by Crippen LogP contribution is 2.26. The van der Waals surface area contributed by atoms with Crippen molar-refractivity contribution in [3.05, 3.63) is 29.3 Å². The summed E-state index contributed by atoms with van der Waals surface area (Å²) in [6, 6.07) is 1.76. The van der Waals surface area contributed by atoms with Gasteiger partial charge in [-0.1, -0.05) is 0 Å². The van der Waals surface area contributed by atoms with Gasteiger partial charge in [0.15, 0.2) is 11.6 Å². The van der Waals surface area contributed by atoms with E-state index in [2.05, 4.69) is 4.74 Å². The number of nitrogens with two attached hydrogens (primary N) is 1. The van der Waals surface area contributed by atoms with E-state index < -0.39 is 23.8 Å². The van der Waals surface area contributed by atoms with Crippen molar-refractivity contribution in [3.63, 3.8) is 0 Å². The van der Waals surface area contributed by atoms with Crippen molar-refractivity contribution in [3.8, 4) is 5.75 Å². The molecular formula is C11H12ClF2NO3. The average molecular weight is 280 g/mol. The second kappa shape index (κ2) is 6.39. The Bertz CT molecular complexity index is 443. The summed E-state index contributed by atoms with van der Waals surface area (Å²) in [4.78, 5) is 10.5. The van der Waals surface area contributed by atoms with Gasteiger partial charge in [0.25, 0.3) is 0 Å². The van der Waals surface area contributed by atoms with Crippen molar-refractivity contribution in [1.82, 2.24) is 0 Å². The average Bonchev–Trinajstić information content (AvgIpc) is 2.25. The van der Waals surface area contributed by atoms with E-state index in [1.54, 1.807) is 0 Å². The monoisotopic (exact) mass is 279 g/mol. The van der Waals surface area contributed by atoms with Crippen molar-refractivity contribution >= 4 is 17.7 Å². The predicted octanol–water partition coefficient (Wildman–Crippen LogP) is 2.57. The van der Waals surface area contributed by atoms with Crippen molar-refractivity contribution in [2.75, 3.05) is 6.61 Å². The van der Waals surface area contributed by atoms with Crippen LogP contribution in [0, 0.1) is 11.6 Å². The van der Waals surface area contributed by atoms with Crippen molar-refractivity contribution in [1.29, 1.82) is 0 Å². The normalized spacial score (nSPS) is 12.0. The molecule has 0 saturated heterocycles. The van der Waals surface area contributed by atoms with E-state index in [0.29, 0.717) is 6.07 Å². The number of primary amides is 1. The quantitative estimate of drug-likeness (QED) is 0.843. The summed E-state index contributed by atoms with van der Waals surface area (Å²) >= 11 is 5.56. The maximum Gasteiger partial charge on any atom is 0.404 e. The fraction of sp³-hybridized carbons (Fsp3) is 0.364. The van der Waals surface area contributed by atoms with Crippen molar-refractivity contribution in [2.24, 2.45) is 5.73 Å². The first-order valence-corrected chi connectivity index (χ1v) is 5.60. The number of carbonyl (C=O) groups is 1. The molecule has 0 spiro atoms. The van der Waals surface area contributed by atoms with Crippen LogP contribution in [0.1, 0.15) is 12.5 Å². The van der Waals surface area contributed by atoms with Gasteiger partial charge in [-0.2, -0.15) is 0 Å². The molecule has 0 bridgehead atoms. The van der Waals surface area contributed by atoms with E-state index in [0.717, 1.165) is 6.07 Å². The maximum atomic E-state index is 13.5. The molecule has 18 heavy (non-hydrogen) atoms. The third-order valence-electron chi connectivity index (χ3n) is 2.01. The number of alkyl halides is 1. The molecule has 4 nitrogen and oxygen atoms in total. The first-order chi connectivity index (χ1) is 8.43. The van der Waals surface area contributed by atoms with E-state index >= 15 is 0 Å². The Morgan fingerprint density at radius 3 is 2.72 bits per heavy atom. The van der Waals surface area contributed by atoms with Crippen molar-refractivity contribution in [2.45, 2.75) is 18.9 Å². The Labute approximate surface area is 108 Å². The lowest BCUT2D eigenvalue weighted by Gasteiger charge is -2.15. The van der Waals surface area contributed by atoms with Gasteiger partial charge in [0.1, 0.15) is 18.5 Å². The Balaban J connectivity index is 2.75. The van der Waals surface area contributed by atoms with Crippen LogP contribution in [-0.4, -0.2) is 18.8 Å². The van der Waals surface area contributed by atoms with Crippen LogP contribution in [0.5, 0.6) is 5.75 Å². The van der Waals surface area contributed by atoms with E-state index in [1.165, 1.54) is 6.92 Å². The highest BCUT2D eigenvalue weighted by atomic mass is 35.5. The van der Waals surface area contributed by atoms with Gasteiger partial charge in [-0.25, -0.2) is 13.6 Å². The molecule has 0 heterocycles. The summed E-state index contributed by atoms with van der Waals surface area (Å²) in [5, 5.41) is 0. The zero-order chi connectivity index (χ0) is 13.7. The number of carbonyl (C=O) groups excluding carboxylic acids is 1. The molecule has 7 heteroatoms. The SMILES string of the molecule is C[C@H](COc1c(F)cc(F)cc1CCl)OC(N)=O. The predicted molar refractivity (Wildman–Crippen MR) is 61.5 cm³/mol. The van der Waals surface area contributed by atoms with Gasteiger partial charge in [0, 0.05) is 11.6 Å². The molecule has 1 atom stereocenters. The molecule has 100 valence electrons. The number of halogens is 3. The van der Waals surface area contributed by atoms with Gasteiger partial charge in [-0.05, 0) is 13.0 Å². The lowest BCUT2D eigenvalue weighted by atomic mass is 10.2.